The summed E-state index contributed by atoms with van der Waals surface area (Å²) in [5.41, 5.74) is 1.41. The lowest BCUT2D eigenvalue weighted by molar-refractivity contribution is -0.118. The fourth-order valence-electron chi connectivity index (χ4n) is 3.85. The Morgan fingerprint density at radius 2 is 1.97 bits per heavy atom. The van der Waals surface area contributed by atoms with Crippen LogP contribution in [0.25, 0.3) is 11.1 Å². The average molecular weight is 486 g/mol. The highest BCUT2D eigenvalue weighted by atomic mass is 35.5. The molecule has 2 aliphatic heterocycles. The second-order valence-corrected chi connectivity index (χ2v) is 8.53. The highest BCUT2D eigenvalue weighted by Crippen LogP contribution is 2.32. The van der Waals surface area contributed by atoms with Gasteiger partial charge in [0.15, 0.2) is 18.2 Å². The number of likely N-dealkylation sites (tertiary alicyclic amines) is 1. The molecule has 10 heteroatoms. The lowest BCUT2D eigenvalue weighted by atomic mass is 9.99. The molecule has 1 N–H and O–H groups in total. The summed E-state index contributed by atoms with van der Waals surface area (Å²) in [6, 6.07) is 8.65. The van der Waals surface area contributed by atoms with Crippen molar-refractivity contribution in [3.05, 3.63) is 71.0 Å². The standard InChI is InChI=1S/C24H18ClF2N3O4/c25-16-3-15(7-28-8-16)14-1-2-21(19(27)4-14)33-11-13-9-30(10-13)24(32)17-5-20-22(6-18(17)26)34-12-23(31)29-20/h1-8,13H,9-12H2,(H,29,31). The fourth-order valence-corrected chi connectivity index (χ4v) is 4.03. The van der Waals surface area contributed by atoms with Crippen molar-refractivity contribution in [3.8, 4) is 22.6 Å². The smallest absolute Gasteiger partial charge is 0.262 e. The van der Waals surface area contributed by atoms with Crippen molar-refractivity contribution in [1.29, 1.82) is 0 Å². The summed E-state index contributed by atoms with van der Waals surface area (Å²) < 4.78 is 39.7. The molecule has 1 saturated heterocycles. The molecular formula is C24H18ClF2N3O4. The number of hydrogen-bond acceptors (Lipinski definition) is 5. The number of fused-ring (bicyclic) bond motifs is 1. The first-order chi connectivity index (χ1) is 16.4. The molecule has 0 radical (unpaired) electrons. The van der Waals surface area contributed by atoms with E-state index in [-0.39, 0.29) is 47.8 Å². The first-order valence-electron chi connectivity index (χ1n) is 10.5. The molecule has 3 aromatic rings. The van der Waals surface area contributed by atoms with Crippen LogP contribution >= 0.6 is 11.6 Å². The maximum absolute atomic E-state index is 14.5. The quantitative estimate of drug-likeness (QED) is 0.587. The summed E-state index contributed by atoms with van der Waals surface area (Å²) in [5.74, 6) is -1.86. The van der Waals surface area contributed by atoms with Crippen LogP contribution in [-0.2, 0) is 4.79 Å². The third-order valence-corrected chi connectivity index (χ3v) is 5.83. The molecule has 2 aromatic carbocycles. The number of anilines is 1. The van der Waals surface area contributed by atoms with Crippen molar-refractivity contribution >= 4 is 29.1 Å². The third-order valence-electron chi connectivity index (χ3n) is 5.62. The summed E-state index contributed by atoms with van der Waals surface area (Å²) in [7, 11) is 0. The van der Waals surface area contributed by atoms with Gasteiger partial charge in [0.2, 0.25) is 0 Å². The van der Waals surface area contributed by atoms with E-state index in [9.17, 15) is 18.4 Å². The molecule has 0 spiro atoms. The summed E-state index contributed by atoms with van der Waals surface area (Å²) in [6.07, 6.45) is 3.09. The number of carbonyl (C=O) groups excluding carboxylic acids is 2. The van der Waals surface area contributed by atoms with E-state index in [2.05, 4.69) is 10.3 Å². The zero-order valence-electron chi connectivity index (χ0n) is 17.7. The number of carbonyl (C=O) groups is 2. The third kappa shape index (κ3) is 4.38. The van der Waals surface area contributed by atoms with Crippen LogP contribution in [0.5, 0.6) is 11.5 Å². The molecule has 0 atom stereocenters. The van der Waals surface area contributed by atoms with Crippen molar-refractivity contribution < 1.29 is 27.8 Å². The number of ether oxygens (including phenoxy) is 2. The van der Waals surface area contributed by atoms with Gasteiger partial charge in [-0.1, -0.05) is 17.7 Å². The predicted octanol–water partition coefficient (Wildman–Crippen LogP) is 4.16. The van der Waals surface area contributed by atoms with Gasteiger partial charge in [-0.15, -0.1) is 0 Å². The van der Waals surface area contributed by atoms with E-state index in [0.717, 1.165) is 6.07 Å². The number of amides is 2. The Hall–Kier alpha value is -3.72. The fraction of sp³-hybridized carbons (Fsp3) is 0.208. The van der Waals surface area contributed by atoms with Gasteiger partial charge in [0.1, 0.15) is 11.6 Å². The van der Waals surface area contributed by atoms with Crippen molar-refractivity contribution in [2.45, 2.75) is 0 Å². The van der Waals surface area contributed by atoms with Crippen LogP contribution in [0.4, 0.5) is 14.5 Å². The van der Waals surface area contributed by atoms with Gasteiger partial charge in [0.05, 0.1) is 22.9 Å². The first kappa shape index (κ1) is 22.1. The van der Waals surface area contributed by atoms with Crippen molar-refractivity contribution in [2.24, 2.45) is 5.92 Å². The van der Waals surface area contributed by atoms with Gasteiger partial charge in [0.25, 0.3) is 11.8 Å². The number of aromatic nitrogens is 1. The van der Waals surface area contributed by atoms with Gasteiger partial charge in [0, 0.05) is 43.0 Å². The Balaban J connectivity index is 1.18. The SMILES string of the molecule is O=C1COc2cc(F)c(C(=O)N3CC(COc4ccc(-c5cncc(Cl)c5)cc4F)C3)cc2N1. The molecule has 1 fully saturated rings. The summed E-state index contributed by atoms with van der Waals surface area (Å²) in [5, 5.41) is 3.01. The number of rotatable bonds is 5. The molecular weight excluding hydrogens is 468 g/mol. The molecule has 34 heavy (non-hydrogen) atoms. The van der Waals surface area contributed by atoms with Gasteiger partial charge >= 0.3 is 0 Å². The molecule has 0 aliphatic carbocycles. The van der Waals surface area contributed by atoms with Crippen LogP contribution < -0.4 is 14.8 Å². The number of halogens is 3. The monoisotopic (exact) mass is 485 g/mol. The molecule has 0 unspecified atom stereocenters. The molecule has 5 rings (SSSR count). The summed E-state index contributed by atoms with van der Waals surface area (Å²) >= 11 is 5.94. The van der Waals surface area contributed by atoms with Crippen LogP contribution in [0.1, 0.15) is 10.4 Å². The molecule has 0 bridgehead atoms. The Labute approximate surface area is 198 Å². The topological polar surface area (TPSA) is 80.8 Å². The van der Waals surface area contributed by atoms with E-state index in [1.807, 2.05) is 0 Å². The molecule has 0 saturated carbocycles. The first-order valence-corrected chi connectivity index (χ1v) is 10.8. The zero-order valence-corrected chi connectivity index (χ0v) is 18.4. The van der Waals surface area contributed by atoms with E-state index in [0.29, 0.717) is 29.2 Å². The number of benzene rings is 2. The highest BCUT2D eigenvalue weighted by molar-refractivity contribution is 6.30. The van der Waals surface area contributed by atoms with E-state index in [1.54, 1.807) is 18.3 Å². The Morgan fingerprint density at radius 3 is 2.74 bits per heavy atom. The number of hydrogen-bond donors (Lipinski definition) is 1. The summed E-state index contributed by atoms with van der Waals surface area (Å²) in [6.45, 7) is 0.683. The van der Waals surface area contributed by atoms with E-state index in [4.69, 9.17) is 21.1 Å². The average Bonchev–Trinajstić information content (AvgIpc) is 2.78. The van der Waals surface area contributed by atoms with Gasteiger partial charge in [-0.05, 0) is 29.8 Å². The Bertz CT molecular complexity index is 1300. The zero-order chi connectivity index (χ0) is 23.8. The normalized spacial score (nSPS) is 15.1. The maximum Gasteiger partial charge on any atom is 0.262 e. The van der Waals surface area contributed by atoms with Gasteiger partial charge < -0.3 is 19.7 Å². The molecule has 7 nitrogen and oxygen atoms in total. The number of nitrogens with one attached hydrogen (secondary N) is 1. The Kier molecular flexibility index (Phi) is 5.79. The van der Waals surface area contributed by atoms with Gasteiger partial charge in [-0.2, -0.15) is 0 Å². The van der Waals surface area contributed by atoms with Crippen LogP contribution in [-0.4, -0.2) is 48.0 Å². The van der Waals surface area contributed by atoms with Crippen molar-refractivity contribution in [3.63, 3.8) is 0 Å². The van der Waals surface area contributed by atoms with Crippen LogP contribution in [0.15, 0.2) is 48.8 Å². The lowest BCUT2D eigenvalue weighted by Crippen LogP contribution is -2.52. The summed E-state index contributed by atoms with van der Waals surface area (Å²) in [4.78, 5) is 29.6. The minimum Gasteiger partial charge on any atom is -0.490 e. The number of pyridine rings is 1. The van der Waals surface area contributed by atoms with E-state index >= 15 is 0 Å². The number of nitrogens with zero attached hydrogens (tertiary/aromatic N) is 2. The second-order valence-electron chi connectivity index (χ2n) is 8.09. The molecule has 2 aliphatic rings. The maximum atomic E-state index is 14.5. The van der Waals surface area contributed by atoms with E-state index in [1.165, 1.54) is 29.3 Å². The molecule has 1 aromatic heterocycles. The molecule has 2 amide bonds. The van der Waals surface area contributed by atoms with E-state index < -0.39 is 17.5 Å². The Morgan fingerprint density at radius 1 is 1.15 bits per heavy atom. The van der Waals surface area contributed by atoms with Crippen molar-refractivity contribution in [1.82, 2.24) is 9.88 Å². The van der Waals surface area contributed by atoms with Crippen molar-refractivity contribution in [2.75, 3.05) is 31.6 Å². The highest BCUT2D eigenvalue weighted by Gasteiger charge is 2.34. The lowest BCUT2D eigenvalue weighted by Gasteiger charge is -2.39. The molecule has 174 valence electrons. The second kappa shape index (κ2) is 8.90. The van der Waals surface area contributed by atoms with Crippen LogP contribution in [0.3, 0.4) is 0 Å². The van der Waals surface area contributed by atoms with Crippen LogP contribution in [0, 0.1) is 17.6 Å². The molecule has 3 heterocycles. The predicted molar refractivity (Wildman–Crippen MR) is 120 cm³/mol. The van der Waals surface area contributed by atoms with Crippen LogP contribution in [0.2, 0.25) is 5.02 Å². The minimum atomic E-state index is -0.725. The largest absolute Gasteiger partial charge is 0.490 e. The van der Waals surface area contributed by atoms with Gasteiger partial charge in [-0.25, -0.2) is 8.78 Å². The minimum absolute atomic E-state index is 0.0242. The van der Waals surface area contributed by atoms with Gasteiger partial charge in [-0.3, -0.25) is 14.6 Å².